The van der Waals surface area contributed by atoms with Crippen molar-refractivity contribution >= 4 is 6.08 Å². The zero-order valence-electron chi connectivity index (χ0n) is 16.0. The van der Waals surface area contributed by atoms with Gasteiger partial charge >= 0.3 is 0 Å². The molecule has 0 spiro atoms. The van der Waals surface area contributed by atoms with Gasteiger partial charge in [-0.15, -0.1) is 0 Å². The first-order valence-electron chi connectivity index (χ1n) is 9.66. The van der Waals surface area contributed by atoms with Gasteiger partial charge in [-0.05, 0) is 24.1 Å². The van der Waals surface area contributed by atoms with Crippen LogP contribution in [0.15, 0.2) is 89.0 Å². The van der Waals surface area contributed by atoms with Gasteiger partial charge in [-0.25, -0.2) is 0 Å². The van der Waals surface area contributed by atoms with Gasteiger partial charge in [0.25, 0.3) is 0 Å². The molecule has 2 aliphatic heterocycles. The number of nitrogens with zero attached hydrogens (tertiary/aromatic N) is 1. The number of hydrogen-bond donors (Lipinski definition) is 2. The number of ether oxygens (including phenoxy) is 1. The first-order chi connectivity index (χ1) is 13.7. The van der Waals surface area contributed by atoms with E-state index in [9.17, 15) is 5.26 Å². The molecule has 2 heterocycles. The summed E-state index contributed by atoms with van der Waals surface area (Å²) in [5.74, 6) is 0.899. The van der Waals surface area contributed by atoms with E-state index >= 15 is 0 Å². The van der Waals surface area contributed by atoms with Crippen molar-refractivity contribution < 1.29 is 9.64 Å². The van der Waals surface area contributed by atoms with Crippen molar-refractivity contribution in [1.82, 2.24) is 0 Å². The largest absolute Gasteiger partial charge is 0.440 e. The highest BCUT2D eigenvalue weighted by molar-refractivity contribution is 5.62. The van der Waals surface area contributed by atoms with Crippen LogP contribution in [0.1, 0.15) is 24.0 Å². The first kappa shape index (κ1) is 18.1. The Morgan fingerprint density at radius 3 is 2.43 bits per heavy atom. The highest BCUT2D eigenvalue weighted by atomic mass is 16.5. The summed E-state index contributed by atoms with van der Waals surface area (Å²) >= 11 is 0. The van der Waals surface area contributed by atoms with E-state index in [0.29, 0.717) is 5.57 Å². The van der Waals surface area contributed by atoms with Crippen LogP contribution in [0.4, 0.5) is 0 Å². The SMILES string of the molecule is CC[NH+]1CC(=Cc2ccccc2)C2=C(C1)[C@@H](c1ccccc1)C(C#N)=C(N)O2. The van der Waals surface area contributed by atoms with Gasteiger partial charge in [-0.2, -0.15) is 5.26 Å². The van der Waals surface area contributed by atoms with Gasteiger partial charge in [0, 0.05) is 11.1 Å². The molecule has 4 nitrogen and oxygen atoms in total. The number of rotatable bonds is 3. The Hall–Kier alpha value is -3.29. The molecule has 2 aliphatic rings. The summed E-state index contributed by atoms with van der Waals surface area (Å²) in [6.07, 6.45) is 2.18. The highest BCUT2D eigenvalue weighted by Crippen LogP contribution is 2.41. The van der Waals surface area contributed by atoms with Gasteiger partial charge < -0.3 is 15.4 Å². The molecule has 0 fully saturated rings. The minimum absolute atomic E-state index is 0.157. The Bertz CT molecular complexity index is 997. The van der Waals surface area contributed by atoms with E-state index in [-0.39, 0.29) is 11.8 Å². The Morgan fingerprint density at radius 1 is 1.11 bits per heavy atom. The number of quaternary nitrogens is 1. The van der Waals surface area contributed by atoms with E-state index in [0.717, 1.165) is 47.7 Å². The number of nitriles is 1. The van der Waals surface area contributed by atoms with Crippen LogP contribution in [0.2, 0.25) is 0 Å². The molecule has 4 heteroatoms. The maximum atomic E-state index is 9.80. The van der Waals surface area contributed by atoms with Crippen LogP contribution in [-0.2, 0) is 4.74 Å². The molecular formula is C24H24N3O+. The molecule has 4 rings (SSSR count). The van der Waals surface area contributed by atoms with Gasteiger partial charge in [-0.1, -0.05) is 60.7 Å². The van der Waals surface area contributed by atoms with Crippen LogP contribution in [0, 0.1) is 11.3 Å². The van der Waals surface area contributed by atoms with E-state index < -0.39 is 0 Å². The Labute approximate surface area is 165 Å². The van der Waals surface area contributed by atoms with Crippen molar-refractivity contribution in [1.29, 1.82) is 5.26 Å². The van der Waals surface area contributed by atoms with E-state index in [4.69, 9.17) is 10.5 Å². The average molecular weight is 370 g/mol. The monoisotopic (exact) mass is 370 g/mol. The lowest BCUT2D eigenvalue weighted by molar-refractivity contribution is -0.890. The maximum Gasteiger partial charge on any atom is 0.205 e. The number of benzene rings is 2. The third-order valence-electron chi connectivity index (χ3n) is 5.47. The minimum atomic E-state index is -0.157. The molecule has 2 aromatic carbocycles. The summed E-state index contributed by atoms with van der Waals surface area (Å²) in [4.78, 5) is 1.45. The topological polar surface area (TPSA) is 63.5 Å². The van der Waals surface area contributed by atoms with Gasteiger partial charge in [0.05, 0.1) is 12.5 Å². The van der Waals surface area contributed by atoms with Crippen molar-refractivity contribution in [3.05, 3.63) is 100 Å². The molecule has 0 saturated carbocycles. The molecule has 3 N–H and O–H groups in total. The summed E-state index contributed by atoms with van der Waals surface area (Å²) in [5, 5.41) is 9.80. The van der Waals surface area contributed by atoms with Crippen LogP contribution in [0.3, 0.4) is 0 Å². The quantitative estimate of drug-likeness (QED) is 0.873. The smallest absolute Gasteiger partial charge is 0.205 e. The summed E-state index contributed by atoms with van der Waals surface area (Å²) in [6, 6.07) is 22.7. The number of hydrogen-bond acceptors (Lipinski definition) is 3. The lowest BCUT2D eigenvalue weighted by Crippen LogP contribution is -3.12. The van der Waals surface area contributed by atoms with Crippen molar-refractivity contribution in [2.24, 2.45) is 5.73 Å². The summed E-state index contributed by atoms with van der Waals surface area (Å²) in [5.41, 5.74) is 11.2. The molecule has 0 radical (unpaired) electrons. The second-order valence-corrected chi connectivity index (χ2v) is 7.23. The van der Waals surface area contributed by atoms with Gasteiger partial charge in [0.2, 0.25) is 5.88 Å². The molecule has 2 aromatic rings. The fourth-order valence-corrected chi connectivity index (χ4v) is 4.06. The van der Waals surface area contributed by atoms with Crippen molar-refractivity contribution in [3.8, 4) is 6.07 Å². The standard InChI is InChI=1S/C24H23N3O/c1-2-27-15-19(13-17-9-5-3-6-10-17)23-21(16-27)22(18-11-7-4-8-12-18)20(14-25)24(26)28-23/h3-13,22H,2,15-16,26H2,1H3/p+1/t22-/m0/s1. The first-order valence-corrected chi connectivity index (χ1v) is 9.66. The van der Waals surface area contributed by atoms with Crippen molar-refractivity contribution in [2.45, 2.75) is 12.8 Å². The lowest BCUT2D eigenvalue weighted by Gasteiger charge is -2.35. The molecule has 0 aromatic heterocycles. The molecule has 1 unspecified atom stereocenters. The summed E-state index contributed by atoms with van der Waals surface area (Å²) in [6.45, 7) is 4.92. The van der Waals surface area contributed by atoms with Gasteiger partial charge in [-0.3, -0.25) is 0 Å². The second-order valence-electron chi connectivity index (χ2n) is 7.23. The minimum Gasteiger partial charge on any atom is -0.440 e. The van der Waals surface area contributed by atoms with Gasteiger partial charge in [0.15, 0.2) is 0 Å². The maximum absolute atomic E-state index is 9.80. The van der Waals surface area contributed by atoms with Crippen LogP contribution in [0.25, 0.3) is 6.08 Å². The molecular weight excluding hydrogens is 346 g/mol. The molecule has 140 valence electrons. The van der Waals surface area contributed by atoms with Crippen LogP contribution >= 0.6 is 0 Å². The van der Waals surface area contributed by atoms with Crippen LogP contribution in [-0.4, -0.2) is 19.6 Å². The third kappa shape index (κ3) is 3.33. The Morgan fingerprint density at radius 2 is 1.79 bits per heavy atom. The Balaban J connectivity index is 1.87. The molecule has 0 aliphatic carbocycles. The van der Waals surface area contributed by atoms with Gasteiger partial charge in [0.1, 0.15) is 30.5 Å². The fraction of sp³-hybridized carbons (Fsp3) is 0.208. The van der Waals surface area contributed by atoms with Crippen molar-refractivity contribution in [2.75, 3.05) is 19.6 Å². The molecule has 0 bridgehead atoms. The van der Waals surface area contributed by atoms with E-state index in [2.05, 4.69) is 43.3 Å². The zero-order chi connectivity index (χ0) is 19.5. The van der Waals surface area contributed by atoms with E-state index in [1.165, 1.54) is 4.90 Å². The zero-order valence-corrected chi connectivity index (χ0v) is 16.0. The number of likely N-dealkylation sites (N-methyl/N-ethyl adjacent to an activating group) is 1. The Kier molecular flexibility index (Phi) is 5.01. The van der Waals surface area contributed by atoms with E-state index in [1.807, 2.05) is 36.4 Å². The number of nitrogens with two attached hydrogens (primary N) is 1. The number of nitrogens with one attached hydrogen (secondary N) is 1. The van der Waals surface area contributed by atoms with Crippen LogP contribution in [0.5, 0.6) is 0 Å². The predicted octanol–water partition coefficient (Wildman–Crippen LogP) is 2.75. The lowest BCUT2D eigenvalue weighted by atomic mass is 9.80. The average Bonchev–Trinajstić information content (AvgIpc) is 2.74. The molecule has 0 saturated heterocycles. The van der Waals surface area contributed by atoms with Crippen molar-refractivity contribution in [3.63, 3.8) is 0 Å². The highest BCUT2D eigenvalue weighted by Gasteiger charge is 2.39. The second kappa shape index (κ2) is 7.75. The van der Waals surface area contributed by atoms with Crippen LogP contribution < -0.4 is 10.6 Å². The molecule has 0 amide bonds. The predicted molar refractivity (Wildman–Crippen MR) is 110 cm³/mol. The number of allylic oxidation sites excluding steroid dienone is 1. The third-order valence-corrected chi connectivity index (χ3v) is 5.47. The van der Waals surface area contributed by atoms with E-state index in [1.54, 1.807) is 0 Å². The molecule has 2 atom stereocenters. The molecule has 28 heavy (non-hydrogen) atoms. The fourth-order valence-electron chi connectivity index (χ4n) is 4.06. The normalized spacial score (nSPS) is 23.2. The summed E-state index contributed by atoms with van der Waals surface area (Å²) < 4.78 is 6.06. The summed E-state index contributed by atoms with van der Waals surface area (Å²) in [7, 11) is 0.